The van der Waals surface area contributed by atoms with Crippen LogP contribution < -0.4 is 0 Å². The fourth-order valence-corrected chi connectivity index (χ4v) is 2.76. The van der Waals surface area contributed by atoms with E-state index < -0.39 is 11.8 Å². The van der Waals surface area contributed by atoms with Gasteiger partial charge in [-0.2, -0.15) is 0 Å². The van der Waals surface area contributed by atoms with E-state index in [-0.39, 0.29) is 29.6 Å². The average molecular weight is 264 g/mol. The van der Waals surface area contributed by atoms with Crippen LogP contribution in [0.25, 0.3) is 0 Å². The lowest BCUT2D eigenvalue weighted by molar-refractivity contribution is -0.143. The fourth-order valence-electron chi connectivity index (χ4n) is 2.76. The maximum atomic E-state index is 13.5. The summed E-state index contributed by atoms with van der Waals surface area (Å²) in [6.45, 7) is 0. The zero-order valence-corrected chi connectivity index (χ0v) is 10.6. The molecule has 0 amide bonds. The molecule has 1 aliphatic carbocycles. The number of benzene rings is 1. The Balaban J connectivity index is 1.99. The highest BCUT2D eigenvalue weighted by Gasteiger charge is 2.28. The van der Waals surface area contributed by atoms with Crippen LogP contribution in [0.5, 0.6) is 0 Å². The Morgan fingerprint density at radius 1 is 1.26 bits per heavy atom. The Kier molecular flexibility index (Phi) is 4.30. The molecule has 0 saturated heterocycles. The predicted octanol–water partition coefficient (Wildman–Crippen LogP) is 3.29. The number of halogens is 1. The van der Waals surface area contributed by atoms with E-state index in [1.807, 2.05) is 0 Å². The molecule has 0 heterocycles. The van der Waals surface area contributed by atoms with Gasteiger partial charge >= 0.3 is 5.97 Å². The highest BCUT2D eigenvalue weighted by molar-refractivity contribution is 5.96. The third kappa shape index (κ3) is 3.40. The molecule has 0 radical (unpaired) electrons. The van der Waals surface area contributed by atoms with Crippen molar-refractivity contribution in [2.45, 2.75) is 32.1 Å². The van der Waals surface area contributed by atoms with Crippen molar-refractivity contribution in [3.63, 3.8) is 0 Å². The number of carbonyl (C=O) groups excluding carboxylic acids is 1. The number of hydrogen-bond donors (Lipinski definition) is 1. The highest BCUT2D eigenvalue weighted by atomic mass is 19.1. The molecule has 1 aliphatic rings. The predicted molar refractivity (Wildman–Crippen MR) is 68.4 cm³/mol. The molecule has 2 rings (SSSR count). The minimum absolute atomic E-state index is 0.0574. The summed E-state index contributed by atoms with van der Waals surface area (Å²) < 4.78 is 13.5. The molecule has 3 nitrogen and oxygen atoms in total. The maximum Gasteiger partial charge on any atom is 0.306 e. The zero-order chi connectivity index (χ0) is 13.8. The van der Waals surface area contributed by atoms with Gasteiger partial charge in [-0.25, -0.2) is 4.39 Å². The number of carboxylic acids is 1. The summed E-state index contributed by atoms with van der Waals surface area (Å²) in [5, 5.41) is 9.01. The third-order valence-electron chi connectivity index (χ3n) is 3.78. The van der Waals surface area contributed by atoms with Crippen LogP contribution in [0.3, 0.4) is 0 Å². The first-order chi connectivity index (χ1) is 9.08. The lowest BCUT2D eigenvalue weighted by Gasteiger charge is -2.26. The number of Topliss-reactive ketones (excluding diaryl/α,β-unsaturated/α-hetero) is 1. The summed E-state index contributed by atoms with van der Waals surface area (Å²) in [7, 11) is 0. The fraction of sp³-hybridized carbons (Fsp3) is 0.467. The van der Waals surface area contributed by atoms with Crippen LogP contribution in [0.15, 0.2) is 24.3 Å². The first-order valence-electron chi connectivity index (χ1n) is 6.58. The van der Waals surface area contributed by atoms with Crippen molar-refractivity contribution in [3.8, 4) is 0 Å². The van der Waals surface area contributed by atoms with E-state index in [9.17, 15) is 14.0 Å². The van der Waals surface area contributed by atoms with Gasteiger partial charge in [0.1, 0.15) is 5.82 Å². The molecule has 0 bridgehead atoms. The second-order valence-electron chi connectivity index (χ2n) is 5.17. The quantitative estimate of drug-likeness (QED) is 0.849. The Hall–Kier alpha value is -1.71. The van der Waals surface area contributed by atoms with E-state index in [1.165, 1.54) is 12.1 Å². The van der Waals surface area contributed by atoms with Crippen molar-refractivity contribution in [2.75, 3.05) is 0 Å². The van der Waals surface area contributed by atoms with Gasteiger partial charge in [-0.05, 0) is 37.3 Å². The van der Waals surface area contributed by atoms with Crippen molar-refractivity contribution in [1.82, 2.24) is 0 Å². The van der Waals surface area contributed by atoms with Crippen molar-refractivity contribution >= 4 is 11.8 Å². The zero-order valence-electron chi connectivity index (χ0n) is 10.6. The van der Waals surface area contributed by atoms with Crippen LogP contribution in [0.2, 0.25) is 0 Å². The topological polar surface area (TPSA) is 54.4 Å². The van der Waals surface area contributed by atoms with E-state index in [4.69, 9.17) is 5.11 Å². The Bertz CT molecular complexity index is 484. The number of carboxylic acid groups (broad SMARTS) is 1. The Morgan fingerprint density at radius 2 is 2.00 bits per heavy atom. The normalized spacial score (nSPS) is 23.0. The molecule has 1 aromatic carbocycles. The summed E-state index contributed by atoms with van der Waals surface area (Å²) >= 11 is 0. The summed E-state index contributed by atoms with van der Waals surface area (Å²) in [6, 6.07) is 5.94. The van der Waals surface area contributed by atoms with Gasteiger partial charge in [-0.1, -0.05) is 18.6 Å². The maximum absolute atomic E-state index is 13.5. The van der Waals surface area contributed by atoms with Gasteiger partial charge in [0.25, 0.3) is 0 Å². The molecular formula is C15H17FO3. The van der Waals surface area contributed by atoms with E-state index >= 15 is 0 Å². The van der Waals surface area contributed by atoms with Crippen LogP contribution in [0.1, 0.15) is 42.5 Å². The molecule has 0 aliphatic heterocycles. The largest absolute Gasteiger partial charge is 0.481 e. The van der Waals surface area contributed by atoms with Crippen LogP contribution in [-0.2, 0) is 4.79 Å². The molecular weight excluding hydrogens is 247 g/mol. The molecule has 102 valence electrons. The van der Waals surface area contributed by atoms with Crippen LogP contribution in [0.4, 0.5) is 4.39 Å². The number of aliphatic carboxylic acids is 1. The van der Waals surface area contributed by atoms with Gasteiger partial charge in [-0.15, -0.1) is 0 Å². The van der Waals surface area contributed by atoms with E-state index in [0.717, 1.165) is 12.8 Å². The Labute approximate surface area is 111 Å². The molecule has 2 unspecified atom stereocenters. The Morgan fingerprint density at radius 3 is 2.68 bits per heavy atom. The summed E-state index contributed by atoms with van der Waals surface area (Å²) in [5.41, 5.74) is 0.111. The summed E-state index contributed by atoms with van der Waals surface area (Å²) in [6.07, 6.45) is 3.12. The number of rotatable bonds is 4. The SMILES string of the molecule is O=C(CC1CCCC(C(=O)O)C1)c1ccccc1F. The van der Waals surface area contributed by atoms with E-state index in [1.54, 1.807) is 12.1 Å². The molecule has 1 N–H and O–H groups in total. The van der Waals surface area contributed by atoms with Crippen LogP contribution >= 0.6 is 0 Å². The number of ketones is 1. The van der Waals surface area contributed by atoms with E-state index in [0.29, 0.717) is 12.8 Å². The van der Waals surface area contributed by atoms with Gasteiger partial charge in [0.15, 0.2) is 5.78 Å². The molecule has 0 aromatic heterocycles. The molecule has 2 atom stereocenters. The lowest BCUT2D eigenvalue weighted by Crippen LogP contribution is -2.24. The molecule has 4 heteroatoms. The average Bonchev–Trinajstić information content (AvgIpc) is 2.39. The molecule has 1 saturated carbocycles. The van der Waals surface area contributed by atoms with Gasteiger partial charge in [0, 0.05) is 6.42 Å². The minimum atomic E-state index is -0.789. The molecule has 0 spiro atoms. The molecule has 1 fully saturated rings. The molecule has 19 heavy (non-hydrogen) atoms. The summed E-state index contributed by atoms with van der Waals surface area (Å²) in [4.78, 5) is 23.0. The van der Waals surface area contributed by atoms with Crippen LogP contribution in [0, 0.1) is 17.7 Å². The number of carbonyl (C=O) groups is 2. The second-order valence-corrected chi connectivity index (χ2v) is 5.17. The van der Waals surface area contributed by atoms with E-state index in [2.05, 4.69) is 0 Å². The van der Waals surface area contributed by atoms with Gasteiger partial charge in [0.2, 0.25) is 0 Å². The smallest absolute Gasteiger partial charge is 0.306 e. The highest BCUT2D eigenvalue weighted by Crippen LogP contribution is 2.32. The van der Waals surface area contributed by atoms with Crippen molar-refractivity contribution in [1.29, 1.82) is 0 Å². The number of hydrogen-bond acceptors (Lipinski definition) is 2. The second kappa shape index (κ2) is 5.95. The van der Waals surface area contributed by atoms with Crippen molar-refractivity contribution in [3.05, 3.63) is 35.6 Å². The van der Waals surface area contributed by atoms with Crippen molar-refractivity contribution < 1.29 is 19.1 Å². The van der Waals surface area contributed by atoms with Crippen molar-refractivity contribution in [2.24, 2.45) is 11.8 Å². The lowest BCUT2D eigenvalue weighted by atomic mass is 9.78. The monoisotopic (exact) mass is 264 g/mol. The summed E-state index contributed by atoms with van der Waals surface area (Å²) in [5.74, 6) is -1.82. The van der Waals surface area contributed by atoms with Gasteiger partial charge < -0.3 is 5.11 Å². The standard InChI is InChI=1S/C15H17FO3/c16-13-7-2-1-6-12(13)14(17)9-10-4-3-5-11(8-10)15(18)19/h1-2,6-7,10-11H,3-5,8-9H2,(H,18,19). The van der Waals surface area contributed by atoms with Gasteiger partial charge in [0.05, 0.1) is 11.5 Å². The molecule has 1 aromatic rings. The minimum Gasteiger partial charge on any atom is -0.481 e. The first kappa shape index (κ1) is 13.7. The van der Waals surface area contributed by atoms with Crippen LogP contribution in [-0.4, -0.2) is 16.9 Å². The van der Waals surface area contributed by atoms with Gasteiger partial charge in [-0.3, -0.25) is 9.59 Å². The first-order valence-corrected chi connectivity index (χ1v) is 6.58. The third-order valence-corrected chi connectivity index (χ3v) is 3.78.